The molecule has 2 amide bonds. The minimum atomic E-state index is -3.62. The quantitative estimate of drug-likeness (QED) is 0.522. The Morgan fingerprint density at radius 1 is 0.969 bits per heavy atom. The summed E-state index contributed by atoms with van der Waals surface area (Å²) in [5, 5.41) is 5.01. The number of rotatable bonds is 10. The van der Waals surface area contributed by atoms with Crippen molar-refractivity contribution in [3.8, 4) is 0 Å². The highest BCUT2D eigenvalue weighted by molar-refractivity contribution is 7.89. The normalized spacial score (nSPS) is 12.1. The fourth-order valence-corrected chi connectivity index (χ4v) is 4.26. The van der Waals surface area contributed by atoms with E-state index in [1.807, 2.05) is 0 Å². The Kier molecular flexibility index (Phi) is 8.91. The molecule has 10 heteroatoms. The molecule has 2 N–H and O–H groups in total. The molecule has 172 valence electrons. The van der Waals surface area contributed by atoms with Gasteiger partial charge in [0.2, 0.25) is 10.0 Å². The van der Waals surface area contributed by atoms with Crippen LogP contribution in [-0.4, -0.2) is 56.2 Å². The summed E-state index contributed by atoms with van der Waals surface area (Å²) >= 11 is 0. The predicted octanol–water partition coefficient (Wildman–Crippen LogP) is 2.02. The van der Waals surface area contributed by atoms with Crippen molar-refractivity contribution < 1.29 is 27.5 Å². The molecule has 2 rings (SSSR count). The standard InChI is InChI=1S/C22H27N3O6S/c1-4-25(5-2)32(29,30)19-13-11-17(12-14-19)22(28)23-15-20(26)31-16(3)21(27)24-18-9-7-6-8-10-18/h6-14,16H,4-5,15H2,1-3H3,(H,23,28)(H,24,27). The number of benzene rings is 2. The molecular formula is C22H27N3O6S. The van der Waals surface area contributed by atoms with Crippen molar-refractivity contribution in [1.29, 1.82) is 0 Å². The molecule has 0 heterocycles. The van der Waals surface area contributed by atoms with Crippen LogP contribution in [0, 0.1) is 0 Å². The van der Waals surface area contributed by atoms with E-state index in [2.05, 4.69) is 10.6 Å². The molecule has 0 aliphatic heterocycles. The van der Waals surface area contributed by atoms with Gasteiger partial charge in [0.15, 0.2) is 6.10 Å². The second-order valence-corrected chi connectivity index (χ2v) is 8.72. The zero-order chi connectivity index (χ0) is 23.7. The maximum Gasteiger partial charge on any atom is 0.326 e. The van der Waals surface area contributed by atoms with Crippen LogP contribution >= 0.6 is 0 Å². The van der Waals surface area contributed by atoms with E-state index in [4.69, 9.17) is 4.74 Å². The van der Waals surface area contributed by atoms with Crippen LogP contribution < -0.4 is 10.6 Å². The number of carbonyl (C=O) groups excluding carboxylic acids is 3. The Hall–Kier alpha value is -3.24. The Morgan fingerprint density at radius 2 is 1.56 bits per heavy atom. The monoisotopic (exact) mass is 461 g/mol. The van der Waals surface area contributed by atoms with Crippen molar-refractivity contribution in [3.63, 3.8) is 0 Å². The molecule has 0 aliphatic carbocycles. The number of nitrogens with one attached hydrogen (secondary N) is 2. The number of amides is 2. The second-order valence-electron chi connectivity index (χ2n) is 6.78. The van der Waals surface area contributed by atoms with E-state index in [9.17, 15) is 22.8 Å². The van der Waals surface area contributed by atoms with Gasteiger partial charge < -0.3 is 15.4 Å². The Bertz CT molecular complexity index is 1040. The van der Waals surface area contributed by atoms with Crippen LogP contribution in [0.2, 0.25) is 0 Å². The van der Waals surface area contributed by atoms with Gasteiger partial charge in [0, 0.05) is 24.3 Å². The number of esters is 1. The summed E-state index contributed by atoms with van der Waals surface area (Å²) in [5.74, 6) is -1.86. The average Bonchev–Trinajstić information content (AvgIpc) is 2.78. The number of nitrogens with zero attached hydrogens (tertiary/aromatic N) is 1. The molecule has 1 atom stereocenters. The molecule has 0 aromatic heterocycles. The molecule has 1 unspecified atom stereocenters. The van der Waals surface area contributed by atoms with Gasteiger partial charge in [-0.3, -0.25) is 14.4 Å². The first-order chi connectivity index (χ1) is 15.2. The van der Waals surface area contributed by atoms with Crippen LogP contribution in [0.15, 0.2) is 59.5 Å². The Labute approximate surface area is 187 Å². The van der Waals surface area contributed by atoms with Crippen molar-refractivity contribution >= 4 is 33.5 Å². The van der Waals surface area contributed by atoms with Gasteiger partial charge in [0.05, 0.1) is 4.90 Å². The average molecular weight is 462 g/mol. The third-order valence-electron chi connectivity index (χ3n) is 4.57. The van der Waals surface area contributed by atoms with Crippen LogP contribution in [0.5, 0.6) is 0 Å². The minimum Gasteiger partial charge on any atom is -0.451 e. The lowest BCUT2D eigenvalue weighted by molar-refractivity contribution is -0.152. The van der Waals surface area contributed by atoms with Crippen LogP contribution in [0.4, 0.5) is 5.69 Å². The number of sulfonamides is 1. The van der Waals surface area contributed by atoms with Crippen molar-refractivity contribution in [3.05, 3.63) is 60.2 Å². The molecule has 0 saturated heterocycles. The maximum absolute atomic E-state index is 12.5. The Morgan fingerprint density at radius 3 is 2.12 bits per heavy atom. The number of carbonyl (C=O) groups is 3. The van der Waals surface area contributed by atoms with Gasteiger partial charge in [-0.15, -0.1) is 0 Å². The lowest BCUT2D eigenvalue weighted by Crippen LogP contribution is -2.35. The summed E-state index contributed by atoms with van der Waals surface area (Å²) in [6, 6.07) is 14.1. The topological polar surface area (TPSA) is 122 Å². The number of para-hydroxylation sites is 1. The highest BCUT2D eigenvalue weighted by Crippen LogP contribution is 2.16. The van der Waals surface area contributed by atoms with Gasteiger partial charge >= 0.3 is 5.97 Å². The van der Waals surface area contributed by atoms with E-state index < -0.39 is 40.5 Å². The van der Waals surface area contributed by atoms with Gasteiger partial charge in [0.1, 0.15) is 6.54 Å². The first-order valence-electron chi connectivity index (χ1n) is 10.1. The largest absolute Gasteiger partial charge is 0.451 e. The van der Waals surface area contributed by atoms with Crippen molar-refractivity contribution in [2.75, 3.05) is 25.0 Å². The SMILES string of the molecule is CCN(CC)S(=O)(=O)c1ccc(C(=O)NCC(=O)OC(C)C(=O)Nc2ccccc2)cc1. The van der Waals surface area contributed by atoms with E-state index in [0.29, 0.717) is 18.8 Å². The third-order valence-corrected chi connectivity index (χ3v) is 6.64. The Balaban J connectivity index is 1.87. The van der Waals surface area contributed by atoms with Crippen molar-refractivity contribution in [1.82, 2.24) is 9.62 Å². The number of anilines is 1. The second kappa shape index (κ2) is 11.4. The van der Waals surface area contributed by atoms with Crippen molar-refractivity contribution in [2.24, 2.45) is 0 Å². The van der Waals surface area contributed by atoms with Crippen LogP contribution in [0.1, 0.15) is 31.1 Å². The fraction of sp³-hybridized carbons (Fsp3) is 0.318. The maximum atomic E-state index is 12.5. The molecule has 2 aromatic rings. The lowest BCUT2D eigenvalue weighted by atomic mass is 10.2. The molecular weight excluding hydrogens is 434 g/mol. The van der Waals surface area contributed by atoms with E-state index >= 15 is 0 Å². The summed E-state index contributed by atoms with van der Waals surface area (Å²) < 4.78 is 31.3. The van der Waals surface area contributed by atoms with Gasteiger partial charge in [-0.1, -0.05) is 32.0 Å². The number of hydrogen-bond acceptors (Lipinski definition) is 6. The smallest absolute Gasteiger partial charge is 0.326 e. The molecule has 0 fully saturated rings. The fourth-order valence-electron chi connectivity index (χ4n) is 2.80. The van der Waals surface area contributed by atoms with Gasteiger partial charge in [-0.05, 0) is 43.3 Å². The summed E-state index contributed by atoms with van der Waals surface area (Å²) in [6.07, 6.45) is -1.05. The van der Waals surface area contributed by atoms with Crippen LogP contribution in [0.3, 0.4) is 0 Å². The molecule has 0 spiro atoms. The van der Waals surface area contributed by atoms with Crippen LogP contribution in [0.25, 0.3) is 0 Å². The lowest BCUT2D eigenvalue weighted by Gasteiger charge is -2.18. The van der Waals surface area contributed by atoms with Crippen LogP contribution in [-0.2, 0) is 24.3 Å². The molecule has 0 radical (unpaired) electrons. The molecule has 32 heavy (non-hydrogen) atoms. The van der Waals surface area contributed by atoms with Gasteiger partial charge in [-0.2, -0.15) is 4.31 Å². The highest BCUT2D eigenvalue weighted by Gasteiger charge is 2.22. The van der Waals surface area contributed by atoms with E-state index in [1.165, 1.54) is 35.5 Å². The van der Waals surface area contributed by atoms with Gasteiger partial charge in [-0.25, -0.2) is 8.42 Å². The number of hydrogen-bond donors (Lipinski definition) is 2. The summed E-state index contributed by atoms with van der Waals surface area (Å²) in [5.41, 5.74) is 0.756. The van der Waals surface area contributed by atoms with Crippen molar-refractivity contribution in [2.45, 2.75) is 31.8 Å². The molecule has 2 aromatic carbocycles. The molecule has 9 nitrogen and oxygen atoms in total. The summed E-state index contributed by atoms with van der Waals surface area (Å²) in [4.78, 5) is 36.4. The van der Waals surface area contributed by atoms with E-state index in [1.54, 1.807) is 44.2 Å². The first-order valence-corrected chi connectivity index (χ1v) is 11.6. The minimum absolute atomic E-state index is 0.0791. The summed E-state index contributed by atoms with van der Waals surface area (Å²) in [6.45, 7) is 5.15. The predicted molar refractivity (Wildman–Crippen MR) is 120 cm³/mol. The van der Waals surface area contributed by atoms with E-state index in [-0.39, 0.29) is 10.5 Å². The molecule has 0 aliphatic rings. The molecule has 0 saturated carbocycles. The zero-order valence-electron chi connectivity index (χ0n) is 18.2. The third kappa shape index (κ3) is 6.63. The van der Waals surface area contributed by atoms with E-state index in [0.717, 1.165) is 0 Å². The molecule has 0 bridgehead atoms. The highest BCUT2D eigenvalue weighted by atomic mass is 32.2. The first kappa shape index (κ1) is 25.0. The summed E-state index contributed by atoms with van der Waals surface area (Å²) in [7, 11) is -3.62. The zero-order valence-corrected chi connectivity index (χ0v) is 19.0. The number of ether oxygens (including phenoxy) is 1. The van der Waals surface area contributed by atoms with Gasteiger partial charge in [0.25, 0.3) is 11.8 Å².